The number of aryl methyl sites for hydroxylation is 1. The number of imidazole rings is 1. The third-order valence-electron chi connectivity index (χ3n) is 3.84. The first kappa shape index (κ1) is 11.9. The Morgan fingerprint density at radius 3 is 2.94 bits per heavy atom. The van der Waals surface area contributed by atoms with Crippen molar-refractivity contribution < 1.29 is 0 Å². The minimum atomic E-state index is 0.638. The molecule has 2 atom stereocenters. The molecule has 1 N–H and O–H groups in total. The van der Waals surface area contributed by atoms with Crippen molar-refractivity contribution in [2.45, 2.75) is 58.4 Å². The second-order valence-corrected chi connectivity index (χ2v) is 5.46. The number of nitrogens with zero attached hydrogens (tertiary/aromatic N) is 1. The van der Waals surface area contributed by atoms with Crippen molar-refractivity contribution in [2.75, 3.05) is 0 Å². The average molecular weight is 238 g/mol. The quantitative estimate of drug-likeness (QED) is 0.603. The van der Waals surface area contributed by atoms with Gasteiger partial charge in [-0.3, -0.25) is 0 Å². The van der Waals surface area contributed by atoms with Gasteiger partial charge in [0, 0.05) is 17.9 Å². The van der Waals surface area contributed by atoms with Crippen LogP contribution in [0.25, 0.3) is 0 Å². The van der Waals surface area contributed by atoms with E-state index in [0.29, 0.717) is 6.04 Å². The zero-order chi connectivity index (χ0) is 11.5. The van der Waals surface area contributed by atoms with Crippen LogP contribution in [0.3, 0.4) is 0 Å². The number of aromatic nitrogens is 2. The van der Waals surface area contributed by atoms with Gasteiger partial charge in [-0.05, 0) is 43.8 Å². The van der Waals surface area contributed by atoms with Crippen LogP contribution in [0, 0.1) is 10.7 Å². The Morgan fingerprint density at radius 1 is 1.38 bits per heavy atom. The van der Waals surface area contributed by atoms with Crippen LogP contribution >= 0.6 is 12.2 Å². The predicted octanol–water partition coefficient (Wildman–Crippen LogP) is 4.25. The molecule has 90 valence electrons. The standard InChI is InChI=1S/C13H22N2S/c1-3-11-9-14-13(16)15(11)12-6-4-5-10(2)7-8-12/h9-10,12H,3-8H2,1-2H3,(H,14,16). The molecule has 2 unspecified atom stereocenters. The van der Waals surface area contributed by atoms with E-state index in [9.17, 15) is 0 Å². The van der Waals surface area contributed by atoms with E-state index in [-0.39, 0.29) is 0 Å². The summed E-state index contributed by atoms with van der Waals surface area (Å²) in [5.41, 5.74) is 1.37. The van der Waals surface area contributed by atoms with Gasteiger partial charge in [-0.25, -0.2) is 0 Å². The number of aromatic amines is 1. The lowest BCUT2D eigenvalue weighted by Crippen LogP contribution is -2.11. The van der Waals surface area contributed by atoms with Gasteiger partial charge in [-0.15, -0.1) is 0 Å². The van der Waals surface area contributed by atoms with E-state index >= 15 is 0 Å². The summed E-state index contributed by atoms with van der Waals surface area (Å²) in [5, 5.41) is 0. The molecule has 1 aliphatic rings. The van der Waals surface area contributed by atoms with Crippen molar-refractivity contribution in [3.05, 3.63) is 16.7 Å². The highest BCUT2D eigenvalue weighted by molar-refractivity contribution is 7.71. The van der Waals surface area contributed by atoms with Crippen molar-refractivity contribution >= 4 is 12.2 Å². The topological polar surface area (TPSA) is 20.7 Å². The number of hydrogen-bond acceptors (Lipinski definition) is 1. The van der Waals surface area contributed by atoms with Crippen LogP contribution in [0.2, 0.25) is 0 Å². The normalized spacial score (nSPS) is 26.6. The molecular weight excluding hydrogens is 216 g/mol. The van der Waals surface area contributed by atoms with Gasteiger partial charge in [0.2, 0.25) is 0 Å². The predicted molar refractivity (Wildman–Crippen MR) is 70.3 cm³/mol. The molecule has 1 aromatic heterocycles. The summed E-state index contributed by atoms with van der Waals surface area (Å²) in [6.07, 6.45) is 9.82. The van der Waals surface area contributed by atoms with E-state index < -0.39 is 0 Å². The van der Waals surface area contributed by atoms with E-state index in [2.05, 4.69) is 29.6 Å². The Labute approximate surface area is 103 Å². The zero-order valence-electron chi connectivity index (χ0n) is 10.3. The zero-order valence-corrected chi connectivity index (χ0v) is 11.1. The summed E-state index contributed by atoms with van der Waals surface area (Å²) < 4.78 is 3.28. The van der Waals surface area contributed by atoms with Gasteiger partial charge in [0.15, 0.2) is 4.77 Å². The molecule has 0 spiro atoms. The monoisotopic (exact) mass is 238 g/mol. The number of rotatable bonds is 2. The molecular formula is C13H22N2S. The van der Waals surface area contributed by atoms with Crippen molar-refractivity contribution in [3.63, 3.8) is 0 Å². The Hall–Kier alpha value is -0.570. The van der Waals surface area contributed by atoms with Crippen molar-refractivity contribution in [2.24, 2.45) is 5.92 Å². The molecule has 1 heterocycles. The highest BCUT2D eigenvalue weighted by Gasteiger charge is 2.19. The van der Waals surface area contributed by atoms with Crippen LogP contribution < -0.4 is 0 Å². The van der Waals surface area contributed by atoms with Crippen LogP contribution in [0.4, 0.5) is 0 Å². The minimum Gasteiger partial charge on any atom is -0.337 e. The molecule has 3 heteroatoms. The summed E-state index contributed by atoms with van der Waals surface area (Å²) in [6, 6.07) is 0.638. The number of nitrogens with one attached hydrogen (secondary N) is 1. The molecule has 0 aromatic carbocycles. The maximum Gasteiger partial charge on any atom is 0.177 e. The number of hydrogen-bond donors (Lipinski definition) is 1. The molecule has 16 heavy (non-hydrogen) atoms. The molecule has 2 nitrogen and oxygen atoms in total. The minimum absolute atomic E-state index is 0.638. The van der Waals surface area contributed by atoms with Crippen LogP contribution in [0.5, 0.6) is 0 Å². The Bertz CT molecular complexity index is 391. The Kier molecular flexibility index (Phi) is 3.85. The second-order valence-electron chi connectivity index (χ2n) is 5.08. The lowest BCUT2D eigenvalue weighted by Gasteiger charge is -2.18. The molecule has 0 bridgehead atoms. The number of H-pyrrole nitrogens is 1. The van der Waals surface area contributed by atoms with Gasteiger partial charge in [-0.1, -0.05) is 26.7 Å². The van der Waals surface area contributed by atoms with E-state index in [1.165, 1.54) is 37.8 Å². The highest BCUT2D eigenvalue weighted by atomic mass is 32.1. The van der Waals surface area contributed by atoms with E-state index in [0.717, 1.165) is 17.1 Å². The summed E-state index contributed by atoms with van der Waals surface area (Å²) in [5.74, 6) is 0.892. The largest absolute Gasteiger partial charge is 0.337 e. The molecule has 0 saturated heterocycles. The summed E-state index contributed by atoms with van der Waals surface area (Å²) in [4.78, 5) is 3.19. The van der Waals surface area contributed by atoms with Crippen molar-refractivity contribution in [1.29, 1.82) is 0 Å². The lowest BCUT2D eigenvalue weighted by molar-refractivity contribution is 0.420. The summed E-state index contributed by atoms with van der Waals surface area (Å²) >= 11 is 5.40. The average Bonchev–Trinajstić information content (AvgIpc) is 2.51. The third-order valence-corrected chi connectivity index (χ3v) is 4.16. The first-order valence-electron chi connectivity index (χ1n) is 6.51. The smallest absolute Gasteiger partial charge is 0.177 e. The van der Waals surface area contributed by atoms with Crippen LogP contribution in [0.1, 0.15) is 57.7 Å². The molecule has 1 fully saturated rings. The van der Waals surface area contributed by atoms with Crippen LogP contribution in [-0.4, -0.2) is 9.55 Å². The fraction of sp³-hybridized carbons (Fsp3) is 0.769. The Morgan fingerprint density at radius 2 is 2.19 bits per heavy atom. The SMILES string of the molecule is CCc1c[nH]c(=S)n1C1CCCC(C)CC1. The van der Waals surface area contributed by atoms with Crippen LogP contribution in [-0.2, 0) is 6.42 Å². The summed E-state index contributed by atoms with van der Waals surface area (Å²) in [7, 11) is 0. The molecule has 0 aliphatic heterocycles. The Balaban J connectivity index is 2.22. The fourth-order valence-corrected chi connectivity index (χ4v) is 3.14. The lowest BCUT2D eigenvalue weighted by atomic mass is 10.0. The maximum atomic E-state index is 5.40. The van der Waals surface area contributed by atoms with Crippen LogP contribution in [0.15, 0.2) is 6.20 Å². The molecule has 1 aromatic rings. The summed E-state index contributed by atoms with van der Waals surface area (Å²) in [6.45, 7) is 4.58. The van der Waals surface area contributed by atoms with Gasteiger partial charge in [-0.2, -0.15) is 0 Å². The van der Waals surface area contributed by atoms with Gasteiger partial charge < -0.3 is 9.55 Å². The highest BCUT2D eigenvalue weighted by Crippen LogP contribution is 2.31. The molecule has 2 rings (SSSR count). The molecule has 1 aliphatic carbocycles. The second kappa shape index (κ2) is 5.17. The molecule has 1 saturated carbocycles. The van der Waals surface area contributed by atoms with Crippen molar-refractivity contribution in [3.8, 4) is 0 Å². The van der Waals surface area contributed by atoms with Crippen molar-refractivity contribution in [1.82, 2.24) is 9.55 Å². The van der Waals surface area contributed by atoms with Gasteiger partial charge in [0.1, 0.15) is 0 Å². The van der Waals surface area contributed by atoms with E-state index in [1.807, 2.05) is 0 Å². The first-order valence-corrected chi connectivity index (χ1v) is 6.92. The maximum absolute atomic E-state index is 5.40. The van der Waals surface area contributed by atoms with E-state index in [1.54, 1.807) is 0 Å². The fourth-order valence-electron chi connectivity index (χ4n) is 2.81. The van der Waals surface area contributed by atoms with Gasteiger partial charge in [0.25, 0.3) is 0 Å². The van der Waals surface area contributed by atoms with E-state index in [4.69, 9.17) is 12.2 Å². The van der Waals surface area contributed by atoms with Gasteiger partial charge in [0.05, 0.1) is 0 Å². The molecule has 0 amide bonds. The first-order chi connectivity index (χ1) is 7.72. The molecule has 0 radical (unpaired) electrons. The van der Waals surface area contributed by atoms with Gasteiger partial charge >= 0.3 is 0 Å². The third kappa shape index (κ3) is 2.40.